The third-order valence-corrected chi connectivity index (χ3v) is 10.9. The minimum Gasteiger partial charge on any atom is -0.462 e. The molecule has 0 spiro atoms. The Morgan fingerprint density at radius 2 is 0.661 bits per heavy atom. The van der Waals surface area contributed by atoms with Crippen LogP contribution < -0.4 is 0 Å². The highest BCUT2D eigenvalue weighted by molar-refractivity contribution is 5.71. The Morgan fingerprint density at radius 3 is 1.06 bits per heavy atom. The molecule has 0 aromatic heterocycles. The molecule has 0 aliphatic rings. The van der Waals surface area contributed by atoms with Crippen molar-refractivity contribution in [2.24, 2.45) is 0 Å². The van der Waals surface area contributed by atoms with E-state index in [1.54, 1.807) is 0 Å². The quantitative estimate of drug-likeness (QED) is 0.0262. The highest BCUT2D eigenvalue weighted by Gasteiger charge is 2.19. The lowest BCUT2D eigenvalue weighted by atomic mass is 10.1. The van der Waals surface area contributed by atoms with E-state index in [0.29, 0.717) is 19.3 Å². The second-order valence-corrected chi connectivity index (χ2v) is 17.0. The zero-order valence-corrected chi connectivity index (χ0v) is 40.6. The van der Waals surface area contributed by atoms with Gasteiger partial charge in [0.25, 0.3) is 0 Å². The number of rotatable bonds is 46. The summed E-state index contributed by atoms with van der Waals surface area (Å²) in [5.41, 5.74) is 0. The number of unbranched alkanes of at least 4 members (excludes halogenated alkanes) is 23. The zero-order valence-electron chi connectivity index (χ0n) is 40.6. The van der Waals surface area contributed by atoms with Crippen LogP contribution in [0.4, 0.5) is 0 Å². The summed E-state index contributed by atoms with van der Waals surface area (Å²) in [4.78, 5) is 37.9. The van der Waals surface area contributed by atoms with Crippen LogP contribution in [-0.4, -0.2) is 37.2 Å². The molecule has 0 saturated carbocycles. The lowest BCUT2D eigenvalue weighted by molar-refractivity contribution is -0.167. The minimum absolute atomic E-state index is 0.0857. The molecule has 1 unspecified atom stereocenters. The van der Waals surface area contributed by atoms with Crippen molar-refractivity contribution < 1.29 is 28.6 Å². The van der Waals surface area contributed by atoms with Crippen LogP contribution in [-0.2, 0) is 28.6 Å². The standard InChI is InChI=1S/C56H96O6/c1-4-7-10-13-16-19-22-24-25-26-27-28-29-30-31-33-34-37-40-43-46-49-55(58)61-52-53(51-60-54(57)48-45-42-39-36-21-18-15-12-9-6-3)62-56(59)50-47-44-41-38-35-32-23-20-17-14-11-8-5-2/h7,10,12,15-16,19-20,23-25,27-28,53H,4-6,8-9,11,13-14,17-18,21-22,26,29-52H2,1-3H3/b10-7-,15-12-,19-16-,23-20-,25-24-,28-27-. The van der Waals surface area contributed by atoms with Gasteiger partial charge in [0.1, 0.15) is 13.2 Å². The molecule has 0 bridgehead atoms. The molecule has 62 heavy (non-hydrogen) atoms. The predicted molar refractivity (Wildman–Crippen MR) is 265 cm³/mol. The van der Waals surface area contributed by atoms with Crippen LogP contribution in [0.15, 0.2) is 72.9 Å². The van der Waals surface area contributed by atoms with Crippen molar-refractivity contribution in [2.75, 3.05) is 13.2 Å². The van der Waals surface area contributed by atoms with Crippen LogP contribution in [0.5, 0.6) is 0 Å². The Hall–Kier alpha value is -3.15. The molecule has 0 aromatic rings. The highest BCUT2D eigenvalue weighted by atomic mass is 16.6. The molecular formula is C56H96O6. The summed E-state index contributed by atoms with van der Waals surface area (Å²) in [6, 6.07) is 0. The minimum atomic E-state index is -0.784. The van der Waals surface area contributed by atoms with E-state index in [4.69, 9.17) is 14.2 Å². The van der Waals surface area contributed by atoms with Crippen LogP contribution in [0.3, 0.4) is 0 Å². The smallest absolute Gasteiger partial charge is 0.306 e. The predicted octanol–water partition coefficient (Wildman–Crippen LogP) is 17.0. The lowest BCUT2D eigenvalue weighted by Gasteiger charge is -2.18. The van der Waals surface area contributed by atoms with Crippen molar-refractivity contribution in [1.29, 1.82) is 0 Å². The van der Waals surface area contributed by atoms with Gasteiger partial charge in [0.2, 0.25) is 0 Å². The third-order valence-electron chi connectivity index (χ3n) is 10.9. The maximum Gasteiger partial charge on any atom is 0.306 e. The Kier molecular flexibility index (Phi) is 47.9. The number of esters is 3. The largest absolute Gasteiger partial charge is 0.462 e. The Bertz CT molecular complexity index is 1180. The van der Waals surface area contributed by atoms with Crippen molar-refractivity contribution in [1.82, 2.24) is 0 Å². The summed E-state index contributed by atoms with van der Waals surface area (Å²) < 4.78 is 16.8. The van der Waals surface area contributed by atoms with Crippen LogP contribution >= 0.6 is 0 Å². The number of allylic oxidation sites excluding steroid dienone is 12. The first-order valence-electron chi connectivity index (χ1n) is 25.9. The second kappa shape index (κ2) is 50.5. The molecule has 0 aliphatic heterocycles. The molecule has 6 heteroatoms. The summed E-state index contributed by atoms with van der Waals surface area (Å²) in [7, 11) is 0. The topological polar surface area (TPSA) is 78.9 Å². The first-order valence-corrected chi connectivity index (χ1v) is 25.9. The summed E-state index contributed by atoms with van der Waals surface area (Å²) >= 11 is 0. The zero-order chi connectivity index (χ0) is 45.1. The first-order chi connectivity index (χ1) is 30.5. The van der Waals surface area contributed by atoms with Gasteiger partial charge in [-0.3, -0.25) is 14.4 Å². The Labute approximate surface area is 382 Å². The van der Waals surface area contributed by atoms with Crippen molar-refractivity contribution in [3.63, 3.8) is 0 Å². The SMILES string of the molecule is CC/C=C\C/C=C\C/C=C\C/C=C\CCCCCCCCCCC(=O)OCC(COC(=O)CCCCCCC/C=C\CCC)OC(=O)CCCCCCC/C=C\CCCCCC. The highest BCUT2D eigenvalue weighted by Crippen LogP contribution is 2.14. The van der Waals surface area contributed by atoms with Gasteiger partial charge in [0.05, 0.1) is 0 Å². The molecule has 1 atom stereocenters. The van der Waals surface area contributed by atoms with Crippen LogP contribution in [0.2, 0.25) is 0 Å². The molecule has 0 N–H and O–H groups in total. The number of ether oxygens (including phenoxy) is 3. The summed E-state index contributed by atoms with van der Waals surface area (Å²) in [5.74, 6) is -0.912. The molecule has 0 rings (SSSR count). The van der Waals surface area contributed by atoms with Gasteiger partial charge in [-0.15, -0.1) is 0 Å². The molecule has 0 fully saturated rings. The van der Waals surface area contributed by atoms with E-state index in [-0.39, 0.29) is 31.1 Å². The van der Waals surface area contributed by atoms with E-state index in [1.807, 2.05) is 0 Å². The van der Waals surface area contributed by atoms with Gasteiger partial charge in [-0.25, -0.2) is 0 Å². The van der Waals surface area contributed by atoms with E-state index in [2.05, 4.69) is 93.7 Å². The lowest BCUT2D eigenvalue weighted by Crippen LogP contribution is -2.30. The van der Waals surface area contributed by atoms with E-state index >= 15 is 0 Å². The fourth-order valence-corrected chi connectivity index (χ4v) is 7.02. The summed E-state index contributed by atoms with van der Waals surface area (Å²) in [6.45, 7) is 6.43. The molecule has 356 valence electrons. The normalized spacial score (nSPS) is 12.6. The van der Waals surface area contributed by atoms with Crippen LogP contribution in [0.25, 0.3) is 0 Å². The summed E-state index contributed by atoms with van der Waals surface area (Å²) in [5, 5.41) is 0. The monoisotopic (exact) mass is 865 g/mol. The van der Waals surface area contributed by atoms with Crippen molar-refractivity contribution in [3.05, 3.63) is 72.9 Å². The molecular weight excluding hydrogens is 769 g/mol. The molecule has 0 saturated heterocycles. The maximum atomic E-state index is 12.8. The van der Waals surface area contributed by atoms with Crippen molar-refractivity contribution in [2.45, 2.75) is 252 Å². The van der Waals surface area contributed by atoms with E-state index in [1.165, 1.54) is 89.9 Å². The number of carbonyl (C=O) groups is 3. The van der Waals surface area contributed by atoms with Crippen LogP contribution in [0, 0.1) is 0 Å². The van der Waals surface area contributed by atoms with Gasteiger partial charge >= 0.3 is 17.9 Å². The molecule has 0 aromatic carbocycles. The molecule has 6 nitrogen and oxygen atoms in total. The summed E-state index contributed by atoms with van der Waals surface area (Å²) in [6.07, 6.45) is 63.2. The van der Waals surface area contributed by atoms with E-state index in [9.17, 15) is 14.4 Å². The van der Waals surface area contributed by atoms with Crippen molar-refractivity contribution in [3.8, 4) is 0 Å². The van der Waals surface area contributed by atoms with E-state index in [0.717, 1.165) is 116 Å². The van der Waals surface area contributed by atoms with Gasteiger partial charge in [-0.2, -0.15) is 0 Å². The van der Waals surface area contributed by atoms with Gasteiger partial charge in [-0.1, -0.05) is 196 Å². The van der Waals surface area contributed by atoms with Crippen molar-refractivity contribution >= 4 is 17.9 Å². The fourth-order valence-electron chi connectivity index (χ4n) is 7.02. The van der Waals surface area contributed by atoms with Crippen LogP contribution in [0.1, 0.15) is 245 Å². The average molecular weight is 865 g/mol. The Morgan fingerprint density at radius 1 is 0.339 bits per heavy atom. The number of hydrogen-bond acceptors (Lipinski definition) is 6. The fraction of sp³-hybridized carbons (Fsp3) is 0.732. The second-order valence-electron chi connectivity index (χ2n) is 17.0. The Balaban J connectivity index is 4.32. The number of hydrogen-bond donors (Lipinski definition) is 0. The number of carbonyl (C=O) groups excluding carboxylic acids is 3. The third kappa shape index (κ3) is 47.9. The maximum absolute atomic E-state index is 12.8. The van der Waals surface area contributed by atoms with Gasteiger partial charge < -0.3 is 14.2 Å². The van der Waals surface area contributed by atoms with Gasteiger partial charge in [-0.05, 0) is 103 Å². The van der Waals surface area contributed by atoms with E-state index < -0.39 is 6.10 Å². The first kappa shape index (κ1) is 58.9. The van der Waals surface area contributed by atoms with Gasteiger partial charge in [0.15, 0.2) is 6.10 Å². The molecule has 0 radical (unpaired) electrons. The molecule has 0 aliphatic carbocycles. The average Bonchev–Trinajstić information content (AvgIpc) is 3.27. The molecule has 0 amide bonds. The molecule has 0 heterocycles. The van der Waals surface area contributed by atoms with Gasteiger partial charge in [0, 0.05) is 19.3 Å².